The van der Waals surface area contributed by atoms with Gasteiger partial charge in [0.2, 0.25) is 0 Å². The van der Waals surface area contributed by atoms with E-state index in [4.69, 9.17) is 5.11 Å². The van der Waals surface area contributed by atoms with Crippen LogP contribution in [0.5, 0.6) is 0 Å². The molecule has 17 heavy (non-hydrogen) atoms. The second-order valence-corrected chi connectivity index (χ2v) is 4.66. The van der Waals surface area contributed by atoms with E-state index in [2.05, 4.69) is 5.32 Å². The first-order valence-corrected chi connectivity index (χ1v) is 5.86. The van der Waals surface area contributed by atoms with Crippen molar-refractivity contribution in [3.05, 3.63) is 0 Å². The second kappa shape index (κ2) is 5.86. The summed E-state index contributed by atoms with van der Waals surface area (Å²) in [6.07, 6.45) is 3.33. The number of aliphatic carboxylic acids is 1. The number of urea groups is 1. The molecule has 0 aromatic carbocycles. The predicted octanol–water partition coefficient (Wildman–Crippen LogP) is 0.408. The average molecular weight is 244 g/mol. The molecule has 98 valence electrons. The maximum Gasteiger partial charge on any atom is 0.317 e. The van der Waals surface area contributed by atoms with Crippen molar-refractivity contribution in [2.24, 2.45) is 0 Å². The summed E-state index contributed by atoms with van der Waals surface area (Å²) in [4.78, 5) is 23.3. The maximum absolute atomic E-state index is 11.6. The molecule has 0 aromatic heterocycles. The van der Waals surface area contributed by atoms with Gasteiger partial charge in [0.05, 0.1) is 18.6 Å². The molecule has 0 aliphatic heterocycles. The van der Waals surface area contributed by atoms with Gasteiger partial charge in [-0.1, -0.05) is 12.8 Å². The van der Waals surface area contributed by atoms with Crippen molar-refractivity contribution in [1.29, 1.82) is 0 Å². The van der Waals surface area contributed by atoms with E-state index >= 15 is 0 Å². The van der Waals surface area contributed by atoms with Crippen molar-refractivity contribution in [3.63, 3.8) is 0 Å². The van der Waals surface area contributed by atoms with E-state index in [0.717, 1.165) is 25.7 Å². The summed E-state index contributed by atoms with van der Waals surface area (Å²) < 4.78 is 0. The molecule has 1 aliphatic carbocycles. The Labute approximate surface area is 101 Å². The fourth-order valence-electron chi connectivity index (χ4n) is 2.12. The van der Waals surface area contributed by atoms with Gasteiger partial charge in [-0.3, -0.25) is 4.79 Å². The van der Waals surface area contributed by atoms with Crippen LogP contribution in [0.4, 0.5) is 4.79 Å². The molecule has 0 saturated heterocycles. The smallest absolute Gasteiger partial charge is 0.317 e. The van der Waals surface area contributed by atoms with Crippen molar-refractivity contribution < 1.29 is 19.8 Å². The summed E-state index contributed by atoms with van der Waals surface area (Å²) in [5, 5.41) is 21.0. The number of carboxylic acids is 1. The number of aliphatic hydroxyl groups is 1. The van der Waals surface area contributed by atoms with Gasteiger partial charge in [0.25, 0.3) is 0 Å². The Hall–Kier alpha value is -1.30. The lowest BCUT2D eigenvalue weighted by molar-refractivity contribution is -0.136. The van der Waals surface area contributed by atoms with Gasteiger partial charge in [-0.05, 0) is 12.8 Å². The van der Waals surface area contributed by atoms with Crippen molar-refractivity contribution in [2.75, 3.05) is 20.1 Å². The van der Waals surface area contributed by atoms with Crippen LogP contribution in [0, 0.1) is 0 Å². The van der Waals surface area contributed by atoms with Crippen LogP contribution < -0.4 is 5.32 Å². The number of nitrogens with one attached hydrogen (secondary N) is 1. The van der Waals surface area contributed by atoms with Crippen LogP contribution in [-0.2, 0) is 4.79 Å². The molecule has 0 radical (unpaired) electrons. The third kappa shape index (κ3) is 4.60. The molecule has 6 heteroatoms. The zero-order valence-electron chi connectivity index (χ0n) is 10.1. The van der Waals surface area contributed by atoms with Crippen LogP contribution in [0.15, 0.2) is 0 Å². The number of carbonyl (C=O) groups excluding carboxylic acids is 1. The molecule has 1 fully saturated rings. The summed E-state index contributed by atoms with van der Waals surface area (Å²) in [5.74, 6) is -0.942. The van der Waals surface area contributed by atoms with Crippen molar-refractivity contribution in [3.8, 4) is 0 Å². The number of hydrogen-bond acceptors (Lipinski definition) is 3. The highest BCUT2D eigenvalue weighted by molar-refractivity contribution is 5.75. The minimum absolute atomic E-state index is 0.0934. The van der Waals surface area contributed by atoms with E-state index < -0.39 is 11.6 Å². The van der Waals surface area contributed by atoms with E-state index in [0.29, 0.717) is 6.54 Å². The lowest BCUT2D eigenvalue weighted by Crippen LogP contribution is -2.46. The first-order valence-electron chi connectivity index (χ1n) is 5.86. The quantitative estimate of drug-likeness (QED) is 0.653. The molecule has 0 spiro atoms. The Bertz CT molecular complexity index is 287. The normalized spacial score (nSPS) is 17.8. The van der Waals surface area contributed by atoms with E-state index in [1.54, 1.807) is 7.05 Å². The lowest BCUT2D eigenvalue weighted by atomic mass is 10.0. The van der Waals surface area contributed by atoms with Crippen LogP contribution in [-0.4, -0.2) is 52.9 Å². The Morgan fingerprint density at radius 1 is 1.35 bits per heavy atom. The fourth-order valence-corrected chi connectivity index (χ4v) is 2.12. The van der Waals surface area contributed by atoms with Gasteiger partial charge in [-0.2, -0.15) is 0 Å². The minimum Gasteiger partial charge on any atom is -0.481 e. The zero-order valence-corrected chi connectivity index (χ0v) is 10.1. The van der Waals surface area contributed by atoms with Gasteiger partial charge in [0.1, 0.15) is 0 Å². The summed E-state index contributed by atoms with van der Waals surface area (Å²) >= 11 is 0. The number of hydrogen-bond donors (Lipinski definition) is 3. The van der Waals surface area contributed by atoms with Crippen LogP contribution >= 0.6 is 0 Å². The average Bonchev–Trinajstić information content (AvgIpc) is 2.64. The minimum atomic E-state index is -0.942. The highest BCUT2D eigenvalue weighted by Crippen LogP contribution is 2.29. The second-order valence-electron chi connectivity index (χ2n) is 4.66. The first kappa shape index (κ1) is 13.8. The molecule has 1 aliphatic rings. The molecule has 0 atom stereocenters. The third-order valence-electron chi connectivity index (χ3n) is 3.03. The van der Waals surface area contributed by atoms with E-state index in [1.165, 1.54) is 4.90 Å². The molecule has 0 bridgehead atoms. The van der Waals surface area contributed by atoms with Gasteiger partial charge in [-0.15, -0.1) is 0 Å². The maximum atomic E-state index is 11.6. The van der Waals surface area contributed by atoms with Crippen LogP contribution in [0.1, 0.15) is 32.1 Å². The number of likely N-dealkylation sites (N-methyl/N-ethyl adjacent to an activating group) is 1. The van der Waals surface area contributed by atoms with Gasteiger partial charge in [-0.25, -0.2) is 4.79 Å². The molecule has 0 unspecified atom stereocenters. The number of carbonyl (C=O) groups is 2. The van der Waals surface area contributed by atoms with Crippen molar-refractivity contribution >= 4 is 12.0 Å². The van der Waals surface area contributed by atoms with Crippen molar-refractivity contribution in [2.45, 2.75) is 37.7 Å². The number of carboxylic acid groups (broad SMARTS) is 1. The molecular weight excluding hydrogens is 224 g/mol. The SMILES string of the molecule is CN(CC1(O)CCCC1)C(=O)NCCC(=O)O. The van der Waals surface area contributed by atoms with E-state index in [1.807, 2.05) is 0 Å². The molecule has 0 heterocycles. The van der Waals surface area contributed by atoms with Crippen LogP contribution in [0.3, 0.4) is 0 Å². The molecule has 2 amide bonds. The number of nitrogens with zero attached hydrogens (tertiary/aromatic N) is 1. The Morgan fingerprint density at radius 2 is 1.94 bits per heavy atom. The highest BCUT2D eigenvalue weighted by Gasteiger charge is 2.33. The number of amides is 2. The first-order chi connectivity index (χ1) is 7.93. The Morgan fingerprint density at radius 3 is 2.47 bits per heavy atom. The zero-order chi connectivity index (χ0) is 12.9. The highest BCUT2D eigenvalue weighted by atomic mass is 16.4. The third-order valence-corrected chi connectivity index (χ3v) is 3.03. The summed E-state index contributed by atoms with van der Waals surface area (Å²) in [5.41, 5.74) is -0.765. The summed E-state index contributed by atoms with van der Waals surface area (Å²) in [6.45, 7) is 0.406. The molecule has 3 N–H and O–H groups in total. The van der Waals surface area contributed by atoms with E-state index in [-0.39, 0.29) is 19.0 Å². The molecular formula is C11H20N2O4. The monoisotopic (exact) mass is 244 g/mol. The van der Waals surface area contributed by atoms with Gasteiger partial charge >= 0.3 is 12.0 Å². The topological polar surface area (TPSA) is 89.9 Å². The largest absolute Gasteiger partial charge is 0.481 e. The predicted molar refractivity (Wildman–Crippen MR) is 61.7 cm³/mol. The summed E-state index contributed by atoms with van der Waals surface area (Å²) in [6, 6.07) is -0.341. The fraction of sp³-hybridized carbons (Fsp3) is 0.818. The lowest BCUT2D eigenvalue weighted by Gasteiger charge is -2.28. The van der Waals surface area contributed by atoms with Gasteiger partial charge < -0.3 is 20.4 Å². The van der Waals surface area contributed by atoms with Crippen LogP contribution in [0.25, 0.3) is 0 Å². The molecule has 0 aromatic rings. The Balaban J connectivity index is 2.28. The Kier molecular flexibility index (Phi) is 4.74. The van der Waals surface area contributed by atoms with Crippen molar-refractivity contribution in [1.82, 2.24) is 10.2 Å². The molecule has 1 rings (SSSR count). The molecule has 1 saturated carbocycles. The van der Waals surface area contributed by atoms with Gasteiger partial charge in [0, 0.05) is 13.6 Å². The standard InChI is InChI=1S/C11H20N2O4/c1-13(8-11(17)5-2-3-6-11)10(16)12-7-4-9(14)15/h17H,2-8H2,1H3,(H,12,16)(H,14,15). The van der Waals surface area contributed by atoms with Crippen LogP contribution in [0.2, 0.25) is 0 Å². The van der Waals surface area contributed by atoms with E-state index in [9.17, 15) is 14.7 Å². The molecule has 6 nitrogen and oxygen atoms in total. The number of rotatable bonds is 5. The summed E-state index contributed by atoms with van der Waals surface area (Å²) in [7, 11) is 1.60. The van der Waals surface area contributed by atoms with Gasteiger partial charge in [0.15, 0.2) is 0 Å².